The zero-order valence-corrected chi connectivity index (χ0v) is 12.5. The number of carbonyl (C=O) groups excluding carboxylic acids is 1. The van der Waals surface area contributed by atoms with Crippen LogP contribution in [0.15, 0.2) is 47.6 Å². The number of nitriles is 1. The third-order valence-corrected chi connectivity index (χ3v) is 3.08. The Morgan fingerprint density at radius 3 is 2.87 bits per heavy atom. The monoisotopic (exact) mass is 331 g/mol. The van der Waals surface area contributed by atoms with E-state index in [0.717, 1.165) is 6.21 Å². The summed E-state index contributed by atoms with van der Waals surface area (Å²) < 4.78 is 18.7. The lowest BCUT2D eigenvalue weighted by Crippen LogP contribution is -2.24. The molecule has 5 nitrogen and oxygen atoms in total. The number of benzene rings is 2. The highest BCUT2D eigenvalue weighted by Crippen LogP contribution is 2.17. The van der Waals surface area contributed by atoms with Crippen molar-refractivity contribution < 1.29 is 13.9 Å². The summed E-state index contributed by atoms with van der Waals surface area (Å²) in [6.45, 7) is -0.332. The third kappa shape index (κ3) is 4.53. The molecule has 0 aliphatic rings. The normalized spacial score (nSPS) is 10.3. The van der Waals surface area contributed by atoms with Gasteiger partial charge in [0.2, 0.25) is 0 Å². The predicted octanol–water partition coefficient (Wildman–Crippen LogP) is 2.88. The molecule has 1 amide bonds. The van der Waals surface area contributed by atoms with Gasteiger partial charge in [0.05, 0.1) is 16.8 Å². The number of nitrogens with one attached hydrogen (secondary N) is 1. The maximum absolute atomic E-state index is 13.5. The highest BCUT2D eigenvalue weighted by atomic mass is 35.5. The highest BCUT2D eigenvalue weighted by Gasteiger charge is 2.06. The summed E-state index contributed by atoms with van der Waals surface area (Å²) >= 11 is 5.82. The Morgan fingerprint density at radius 1 is 1.35 bits per heavy atom. The van der Waals surface area contributed by atoms with Gasteiger partial charge in [0, 0.05) is 5.56 Å². The molecule has 23 heavy (non-hydrogen) atoms. The van der Waals surface area contributed by atoms with E-state index in [0.29, 0.717) is 11.3 Å². The minimum Gasteiger partial charge on any atom is -0.482 e. The third-order valence-electron chi connectivity index (χ3n) is 2.75. The first-order valence-electron chi connectivity index (χ1n) is 6.49. The molecule has 0 fully saturated rings. The zero-order chi connectivity index (χ0) is 16.7. The van der Waals surface area contributed by atoms with Crippen LogP contribution in [-0.2, 0) is 4.79 Å². The van der Waals surface area contributed by atoms with Gasteiger partial charge in [-0.1, -0.05) is 29.8 Å². The lowest BCUT2D eigenvalue weighted by Gasteiger charge is -2.06. The Morgan fingerprint density at radius 2 is 2.13 bits per heavy atom. The summed E-state index contributed by atoms with van der Waals surface area (Å²) in [6, 6.07) is 12.7. The van der Waals surface area contributed by atoms with Crippen molar-refractivity contribution in [3.05, 3.63) is 64.4 Å². The number of hydrogen-bond acceptors (Lipinski definition) is 4. The van der Waals surface area contributed by atoms with Crippen LogP contribution in [0.5, 0.6) is 5.75 Å². The molecule has 0 aromatic heterocycles. The van der Waals surface area contributed by atoms with Gasteiger partial charge in [-0.3, -0.25) is 4.79 Å². The predicted molar refractivity (Wildman–Crippen MR) is 83.8 cm³/mol. The average molecular weight is 332 g/mol. The number of rotatable bonds is 5. The Hall–Kier alpha value is -2.91. The van der Waals surface area contributed by atoms with E-state index in [2.05, 4.69) is 10.5 Å². The lowest BCUT2D eigenvalue weighted by atomic mass is 10.2. The molecule has 2 rings (SSSR count). The molecule has 7 heteroatoms. The van der Waals surface area contributed by atoms with Crippen molar-refractivity contribution in [2.24, 2.45) is 5.10 Å². The van der Waals surface area contributed by atoms with Gasteiger partial charge in [-0.05, 0) is 24.3 Å². The number of nitrogens with zero attached hydrogens (tertiary/aromatic N) is 2. The molecular weight excluding hydrogens is 321 g/mol. The molecule has 0 saturated heterocycles. The van der Waals surface area contributed by atoms with Crippen LogP contribution in [0.2, 0.25) is 5.02 Å². The van der Waals surface area contributed by atoms with E-state index in [1.807, 2.05) is 6.07 Å². The molecule has 0 heterocycles. The molecule has 0 unspecified atom stereocenters. The van der Waals surface area contributed by atoms with Gasteiger partial charge in [0.1, 0.15) is 17.6 Å². The van der Waals surface area contributed by atoms with Crippen LogP contribution in [0.4, 0.5) is 4.39 Å². The molecular formula is C16H11ClFN3O2. The van der Waals surface area contributed by atoms with Crippen LogP contribution in [0.1, 0.15) is 11.1 Å². The minimum absolute atomic E-state index is 0.0743. The van der Waals surface area contributed by atoms with Gasteiger partial charge in [0.25, 0.3) is 5.91 Å². The second kappa shape index (κ2) is 7.92. The van der Waals surface area contributed by atoms with E-state index >= 15 is 0 Å². The first-order valence-corrected chi connectivity index (χ1v) is 6.87. The minimum atomic E-state index is -0.554. The quantitative estimate of drug-likeness (QED) is 0.676. The summed E-state index contributed by atoms with van der Waals surface area (Å²) in [5.41, 5.74) is 2.59. The smallest absolute Gasteiger partial charge is 0.277 e. The van der Waals surface area contributed by atoms with Crippen LogP contribution in [-0.4, -0.2) is 18.7 Å². The first-order chi connectivity index (χ1) is 11.1. The van der Waals surface area contributed by atoms with Crippen molar-refractivity contribution in [1.29, 1.82) is 5.26 Å². The Kier molecular flexibility index (Phi) is 5.67. The number of hydrogen-bond donors (Lipinski definition) is 1. The standard InChI is InChI=1S/C16H11ClFN3O2/c17-13-5-3-6-14(18)12(13)9-20-21-16(22)10-23-15-7-2-1-4-11(15)8-19/h1-7,9H,10H2,(H,21,22)/b20-9-. The van der Waals surface area contributed by atoms with E-state index in [9.17, 15) is 9.18 Å². The Bertz CT molecular complexity index is 767. The van der Waals surface area contributed by atoms with E-state index < -0.39 is 11.7 Å². The van der Waals surface area contributed by atoms with Crippen LogP contribution >= 0.6 is 11.6 Å². The first kappa shape index (κ1) is 16.5. The number of ether oxygens (including phenoxy) is 1. The van der Waals surface area contributed by atoms with E-state index in [1.165, 1.54) is 18.2 Å². The van der Waals surface area contributed by atoms with Crippen LogP contribution in [0.25, 0.3) is 0 Å². The molecule has 0 aliphatic heterocycles. The van der Waals surface area contributed by atoms with Gasteiger partial charge < -0.3 is 4.74 Å². The summed E-state index contributed by atoms with van der Waals surface area (Å²) in [5.74, 6) is -0.803. The number of amides is 1. The van der Waals surface area contributed by atoms with Crippen molar-refractivity contribution in [3.63, 3.8) is 0 Å². The molecule has 0 radical (unpaired) electrons. The molecule has 116 valence electrons. The maximum Gasteiger partial charge on any atom is 0.277 e. The van der Waals surface area contributed by atoms with Gasteiger partial charge >= 0.3 is 0 Å². The molecule has 0 spiro atoms. The average Bonchev–Trinajstić information content (AvgIpc) is 2.56. The molecule has 1 N–H and O–H groups in total. The van der Waals surface area contributed by atoms with Crippen LogP contribution in [0, 0.1) is 17.1 Å². The van der Waals surface area contributed by atoms with Gasteiger partial charge in [-0.2, -0.15) is 10.4 Å². The van der Waals surface area contributed by atoms with Crippen molar-refractivity contribution in [2.45, 2.75) is 0 Å². The summed E-state index contributed by atoms with van der Waals surface area (Å²) in [4.78, 5) is 11.6. The van der Waals surface area contributed by atoms with Crippen molar-refractivity contribution in [2.75, 3.05) is 6.61 Å². The van der Waals surface area contributed by atoms with Gasteiger partial charge in [-0.25, -0.2) is 9.82 Å². The van der Waals surface area contributed by atoms with Crippen molar-refractivity contribution in [3.8, 4) is 11.8 Å². The number of halogens is 2. The summed E-state index contributed by atoms with van der Waals surface area (Å²) in [6.07, 6.45) is 1.11. The maximum atomic E-state index is 13.5. The van der Waals surface area contributed by atoms with Gasteiger partial charge in [0.15, 0.2) is 6.61 Å². The summed E-state index contributed by atoms with van der Waals surface area (Å²) in [7, 11) is 0. The number of hydrazone groups is 1. The molecule has 0 saturated carbocycles. The zero-order valence-electron chi connectivity index (χ0n) is 11.8. The largest absolute Gasteiger partial charge is 0.482 e. The molecule has 0 aliphatic carbocycles. The molecule has 2 aromatic rings. The molecule has 0 bridgehead atoms. The fraction of sp³-hybridized carbons (Fsp3) is 0.0625. The summed E-state index contributed by atoms with van der Waals surface area (Å²) in [5, 5.41) is 12.7. The second-order valence-electron chi connectivity index (χ2n) is 4.33. The van der Waals surface area contributed by atoms with Crippen LogP contribution < -0.4 is 10.2 Å². The van der Waals surface area contributed by atoms with Gasteiger partial charge in [-0.15, -0.1) is 0 Å². The van der Waals surface area contributed by atoms with E-state index in [4.69, 9.17) is 21.6 Å². The second-order valence-corrected chi connectivity index (χ2v) is 4.73. The van der Waals surface area contributed by atoms with Crippen LogP contribution in [0.3, 0.4) is 0 Å². The van der Waals surface area contributed by atoms with E-state index in [1.54, 1.807) is 24.3 Å². The van der Waals surface area contributed by atoms with E-state index in [-0.39, 0.29) is 17.2 Å². The Labute approximate surface area is 137 Å². The number of carbonyl (C=O) groups is 1. The lowest BCUT2D eigenvalue weighted by molar-refractivity contribution is -0.123. The van der Waals surface area contributed by atoms with Crippen molar-refractivity contribution >= 4 is 23.7 Å². The topological polar surface area (TPSA) is 74.5 Å². The molecule has 2 aromatic carbocycles. The number of para-hydroxylation sites is 1. The fourth-order valence-electron chi connectivity index (χ4n) is 1.66. The Balaban J connectivity index is 1.91. The highest BCUT2D eigenvalue weighted by molar-refractivity contribution is 6.33. The fourth-order valence-corrected chi connectivity index (χ4v) is 1.88. The SMILES string of the molecule is N#Cc1ccccc1OCC(=O)N/N=C\c1c(F)cccc1Cl. The molecule has 0 atom stereocenters. The van der Waals surface area contributed by atoms with Crippen molar-refractivity contribution in [1.82, 2.24) is 5.43 Å².